The van der Waals surface area contributed by atoms with Crippen LogP contribution in [0.3, 0.4) is 0 Å². The molecule has 0 bridgehead atoms. The van der Waals surface area contributed by atoms with Crippen LogP contribution in [-0.2, 0) is 42.9 Å². The Hall–Kier alpha value is -3.06. The van der Waals surface area contributed by atoms with Crippen molar-refractivity contribution in [3.8, 4) is 0 Å². The lowest BCUT2D eigenvalue weighted by atomic mass is 10.1. The number of ether oxygens (including phenoxy) is 5. The van der Waals surface area contributed by atoms with Gasteiger partial charge in [-0.2, -0.15) is 0 Å². The van der Waals surface area contributed by atoms with Gasteiger partial charge in [0.15, 0.2) is 0 Å². The van der Waals surface area contributed by atoms with Crippen molar-refractivity contribution in [1.82, 2.24) is 10.6 Å². The molecule has 0 aromatic carbocycles. The second-order valence-electron chi connectivity index (χ2n) is 13.5. The molecule has 41 heavy (non-hydrogen) atoms. The van der Waals surface area contributed by atoms with Gasteiger partial charge >= 0.3 is 24.1 Å². The number of carbonyl (C=O) groups excluding carboxylic acids is 6. The SMILES string of the molecule is CC(C)(C)OC[C@H](CC(=O)C(=O)OC(=O)C(=O)C[C@@H](COC(C)(C)C)NC(=O)OC(C)(C)C)NC(=O)OC(C)(C)C. The fourth-order valence-corrected chi connectivity index (χ4v) is 2.77. The fraction of sp³-hybridized carbons (Fsp3) is 0.786. The summed E-state index contributed by atoms with van der Waals surface area (Å²) in [6.45, 7) is 20.2. The first kappa shape index (κ1) is 37.9. The van der Waals surface area contributed by atoms with E-state index in [0.29, 0.717) is 0 Å². The molecular formula is C28H48N2O11. The Bertz CT molecular complexity index is 872. The lowest BCUT2D eigenvalue weighted by molar-refractivity contribution is -0.167. The molecule has 0 spiro atoms. The van der Waals surface area contributed by atoms with Crippen molar-refractivity contribution in [3.05, 3.63) is 0 Å². The number of Topliss-reactive ketones (excluding diaryl/α,β-unsaturated/α-hetero) is 2. The van der Waals surface area contributed by atoms with E-state index in [0.717, 1.165) is 0 Å². The van der Waals surface area contributed by atoms with E-state index in [4.69, 9.17) is 18.9 Å². The van der Waals surface area contributed by atoms with Crippen LogP contribution in [0.1, 0.15) is 95.9 Å². The van der Waals surface area contributed by atoms with Crippen molar-refractivity contribution in [3.63, 3.8) is 0 Å². The number of hydrogen-bond acceptors (Lipinski definition) is 11. The summed E-state index contributed by atoms with van der Waals surface area (Å²) in [6, 6.07) is -1.99. The summed E-state index contributed by atoms with van der Waals surface area (Å²) in [5.74, 6) is -5.52. The zero-order chi connectivity index (χ0) is 32.4. The smallest absolute Gasteiger partial charge is 0.407 e. The van der Waals surface area contributed by atoms with Crippen molar-refractivity contribution in [2.24, 2.45) is 0 Å². The van der Waals surface area contributed by atoms with Gasteiger partial charge in [0.2, 0.25) is 11.6 Å². The second-order valence-corrected chi connectivity index (χ2v) is 13.5. The van der Waals surface area contributed by atoms with E-state index >= 15 is 0 Å². The molecule has 0 aliphatic rings. The lowest BCUT2D eigenvalue weighted by Gasteiger charge is -2.26. The molecule has 0 saturated heterocycles. The molecule has 0 heterocycles. The monoisotopic (exact) mass is 588 g/mol. The first-order valence-electron chi connectivity index (χ1n) is 13.4. The van der Waals surface area contributed by atoms with Gasteiger partial charge in [-0.25, -0.2) is 19.2 Å². The summed E-state index contributed by atoms with van der Waals surface area (Å²) in [4.78, 5) is 74.2. The van der Waals surface area contributed by atoms with Crippen molar-refractivity contribution < 1.29 is 52.5 Å². The van der Waals surface area contributed by atoms with Gasteiger partial charge in [0.25, 0.3) is 0 Å². The summed E-state index contributed by atoms with van der Waals surface area (Å²) >= 11 is 0. The van der Waals surface area contributed by atoms with Crippen molar-refractivity contribution in [2.45, 2.75) is 130 Å². The average molecular weight is 589 g/mol. The molecule has 2 N–H and O–H groups in total. The number of hydrogen-bond donors (Lipinski definition) is 2. The van der Waals surface area contributed by atoms with Gasteiger partial charge in [0, 0.05) is 12.8 Å². The molecule has 0 unspecified atom stereocenters. The third-order valence-electron chi connectivity index (χ3n) is 4.38. The van der Waals surface area contributed by atoms with Crippen LogP contribution in [-0.4, -0.2) is 83.4 Å². The fourth-order valence-electron chi connectivity index (χ4n) is 2.77. The van der Waals surface area contributed by atoms with Crippen molar-refractivity contribution in [1.29, 1.82) is 0 Å². The molecule has 13 nitrogen and oxygen atoms in total. The molecule has 0 aromatic heterocycles. The molecule has 0 aliphatic heterocycles. The largest absolute Gasteiger partial charge is 0.444 e. The minimum absolute atomic E-state index is 0.152. The van der Waals surface area contributed by atoms with E-state index in [1.807, 2.05) is 0 Å². The highest BCUT2D eigenvalue weighted by Crippen LogP contribution is 2.13. The highest BCUT2D eigenvalue weighted by atomic mass is 16.6. The van der Waals surface area contributed by atoms with Crippen LogP contribution in [0.25, 0.3) is 0 Å². The summed E-state index contributed by atoms with van der Waals surface area (Å²) in [5, 5.41) is 4.92. The maximum absolute atomic E-state index is 12.5. The summed E-state index contributed by atoms with van der Waals surface area (Å²) in [5.41, 5.74) is -2.88. The molecule has 0 saturated carbocycles. The number of nitrogens with one attached hydrogen (secondary N) is 2. The number of amides is 2. The average Bonchev–Trinajstić information content (AvgIpc) is 2.71. The second kappa shape index (κ2) is 15.2. The number of carbonyl (C=O) groups is 6. The van der Waals surface area contributed by atoms with E-state index in [1.165, 1.54) is 0 Å². The number of ketones is 2. The van der Waals surface area contributed by atoms with Gasteiger partial charge in [-0.3, -0.25) is 9.59 Å². The van der Waals surface area contributed by atoms with E-state index in [2.05, 4.69) is 15.4 Å². The molecule has 0 fully saturated rings. The van der Waals surface area contributed by atoms with Crippen molar-refractivity contribution >= 4 is 35.7 Å². The molecule has 0 radical (unpaired) electrons. The van der Waals surface area contributed by atoms with Crippen LogP contribution in [0, 0.1) is 0 Å². The van der Waals surface area contributed by atoms with Gasteiger partial charge in [-0.05, 0) is 83.1 Å². The summed E-state index contributed by atoms with van der Waals surface area (Å²) in [6.07, 6.45) is -2.85. The number of esters is 2. The van der Waals surface area contributed by atoms with Crippen LogP contribution >= 0.6 is 0 Å². The Balaban J connectivity index is 5.35. The quantitative estimate of drug-likeness (QED) is 0.148. The minimum Gasteiger partial charge on any atom is -0.444 e. The first-order chi connectivity index (χ1) is 18.3. The van der Waals surface area contributed by atoms with Crippen LogP contribution in [0.2, 0.25) is 0 Å². The topological polar surface area (TPSA) is 173 Å². The van der Waals surface area contributed by atoms with Crippen LogP contribution < -0.4 is 10.6 Å². The molecular weight excluding hydrogens is 540 g/mol. The Morgan fingerprint density at radius 2 is 0.805 bits per heavy atom. The molecule has 0 aromatic rings. The summed E-state index contributed by atoms with van der Waals surface area (Å²) in [7, 11) is 0. The molecule has 236 valence electrons. The third kappa shape index (κ3) is 20.5. The molecule has 2 atom stereocenters. The molecule has 0 rings (SSSR count). The molecule has 13 heteroatoms. The van der Waals surface area contributed by atoms with E-state index < -0.39 is 83.0 Å². The van der Waals surface area contributed by atoms with Gasteiger partial charge in [0.05, 0.1) is 36.5 Å². The Morgan fingerprint density at radius 1 is 0.512 bits per heavy atom. The molecule has 2 amide bonds. The van der Waals surface area contributed by atoms with Gasteiger partial charge in [-0.1, -0.05) is 0 Å². The van der Waals surface area contributed by atoms with Gasteiger partial charge < -0.3 is 34.3 Å². The predicted molar refractivity (Wildman–Crippen MR) is 148 cm³/mol. The Labute approximate surface area is 242 Å². The van der Waals surface area contributed by atoms with Crippen LogP contribution in [0.15, 0.2) is 0 Å². The number of rotatable bonds is 12. The zero-order valence-electron chi connectivity index (χ0n) is 26.5. The predicted octanol–water partition coefficient (Wildman–Crippen LogP) is 3.39. The zero-order valence-corrected chi connectivity index (χ0v) is 26.5. The maximum Gasteiger partial charge on any atom is 0.407 e. The lowest BCUT2D eigenvalue weighted by Crippen LogP contribution is -2.45. The normalized spacial score (nSPS) is 13.9. The highest BCUT2D eigenvalue weighted by Gasteiger charge is 2.31. The number of alkyl carbamates (subject to hydrolysis) is 2. The standard InChI is InChI=1S/C28H48N2O11/c1-25(2,3)37-15-17(29-23(35)40-27(7,8)9)13-19(31)21(33)39-22(34)20(32)14-18(16-38-26(4,5)6)30-24(36)41-28(10,11)12/h17-18H,13-16H2,1-12H3,(H,29,35)(H,30,36)/t17-,18-/m0/s1. The van der Waals surface area contributed by atoms with Crippen molar-refractivity contribution in [2.75, 3.05) is 13.2 Å². The van der Waals surface area contributed by atoms with E-state index in [9.17, 15) is 28.8 Å². The Morgan fingerprint density at radius 3 is 1.05 bits per heavy atom. The van der Waals surface area contributed by atoms with E-state index in [1.54, 1.807) is 83.1 Å². The Kier molecular flexibility index (Phi) is 14.1. The highest BCUT2D eigenvalue weighted by molar-refractivity contribution is 6.42. The molecule has 0 aliphatic carbocycles. The van der Waals surface area contributed by atoms with Gasteiger partial charge in [0.1, 0.15) is 11.2 Å². The summed E-state index contributed by atoms with van der Waals surface area (Å²) < 4.78 is 26.1. The maximum atomic E-state index is 12.5. The van der Waals surface area contributed by atoms with Gasteiger partial charge in [-0.15, -0.1) is 0 Å². The van der Waals surface area contributed by atoms with Crippen LogP contribution in [0.5, 0.6) is 0 Å². The first-order valence-corrected chi connectivity index (χ1v) is 13.4. The minimum atomic E-state index is -1.59. The van der Waals surface area contributed by atoms with E-state index in [-0.39, 0.29) is 13.2 Å². The third-order valence-corrected chi connectivity index (χ3v) is 4.38. The van der Waals surface area contributed by atoms with Crippen LogP contribution in [0.4, 0.5) is 9.59 Å².